The Morgan fingerprint density at radius 1 is 0.750 bits per heavy atom. The van der Waals surface area contributed by atoms with Gasteiger partial charge in [0, 0.05) is 11.7 Å². The molecule has 3 aromatic rings. The molecular weight excluding hydrogens is 420 g/mol. The third-order valence-corrected chi connectivity index (χ3v) is 7.42. The van der Waals surface area contributed by atoms with Gasteiger partial charge < -0.3 is 5.32 Å². The smallest absolute Gasteiger partial charge is 0.240 e. The normalized spacial score (nSPS) is 14.9. The summed E-state index contributed by atoms with van der Waals surface area (Å²) in [6.07, 6.45) is 5.05. The van der Waals surface area contributed by atoms with Gasteiger partial charge in [-0.3, -0.25) is 4.79 Å². The predicted octanol–water partition coefficient (Wildman–Crippen LogP) is 5.07. The van der Waals surface area contributed by atoms with Gasteiger partial charge >= 0.3 is 0 Å². The summed E-state index contributed by atoms with van der Waals surface area (Å²) < 4.78 is 28.2. The third kappa shape index (κ3) is 5.44. The van der Waals surface area contributed by atoms with Crippen LogP contribution < -0.4 is 10.0 Å². The number of sulfonamides is 1. The standard InChI is InChI=1S/C26H28N2O3S/c29-26(25(20-10-4-1-5-11-20)21-12-6-2-7-13-21)27-22-16-18-24(19-17-22)32(30,31)28-23-14-8-3-9-15-23/h1-2,4-7,10-13,16-19,23,25,28H,3,8-9,14-15H2,(H,27,29). The molecule has 0 aliphatic heterocycles. The minimum Gasteiger partial charge on any atom is -0.325 e. The second-order valence-electron chi connectivity index (χ2n) is 8.22. The zero-order valence-electron chi connectivity index (χ0n) is 17.9. The molecule has 3 aromatic carbocycles. The van der Waals surface area contributed by atoms with Crippen molar-refractivity contribution in [3.05, 3.63) is 96.1 Å². The highest BCUT2D eigenvalue weighted by atomic mass is 32.2. The maximum atomic E-state index is 13.2. The van der Waals surface area contributed by atoms with E-state index >= 15 is 0 Å². The van der Waals surface area contributed by atoms with E-state index in [1.165, 1.54) is 6.42 Å². The van der Waals surface area contributed by atoms with Crippen molar-refractivity contribution in [2.45, 2.75) is 49.0 Å². The van der Waals surface area contributed by atoms with Crippen LogP contribution in [0.5, 0.6) is 0 Å². The molecule has 0 bridgehead atoms. The molecule has 166 valence electrons. The number of anilines is 1. The van der Waals surface area contributed by atoms with Crippen molar-refractivity contribution in [1.29, 1.82) is 0 Å². The third-order valence-electron chi connectivity index (χ3n) is 5.89. The van der Waals surface area contributed by atoms with Crippen LogP contribution >= 0.6 is 0 Å². The SMILES string of the molecule is O=C(Nc1ccc(S(=O)(=O)NC2CCCCC2)cc1)C(c1ccccc1)c1ccccc1. The summed E-state index contributed by atoms with van der Waals surface area (Å²) in [6.45, 7) is 0. The monoisotopic (exact) mass is 448 g/mol. The maximum absolute atomic E-state index is 13.2. The summed E-state index contributed by atoms with van der Waals surface area (Å²) in [7, 11) is -3.57. The topological polar surface area (TPSA) is 75.3 Å². The number of nitrogens with one attached hydrogen (secondary N) is 2. The van der Waals surface area contributed by atoms with Gasteiger partial charge in [0.1, 0.15) is 0 Å². The van der Waals surface area contributed by atoms with Crippen molar-refractivity contribution < 1.29 is 13.2 Å². The van der Waals surface area contributed by atoms with Crippen LogP contribution in [0.25, 0.3) is 0 Å². The predicted molar refractivity (Wildman–Crippen MR) is 127 cm³/mol. The molecule has 0 radical (unpaired) electrons. The van der Waals surface area contributed by atoms with Gasteiger partial charge in [-0.2, -0.15) is 0 Å². The molecule has 0 saturated heterocycles. The average molecular weight is 449 g/mol. The fourth-order valence-corrected chi connectivity index (χ4v) is 5.53. The van der Waals surface area contributed by atoms with Gasteiger partial charge in [0.15, 0.2) is 0 Å². The highest BCUT2D eigenvalue weighted by Gasteiger charge is 2.24. The number of rotatable bonds is 7. The lowest BCUT2D eigenvalue weighted by Crippen LogP contribution is -2.36. The van der Waals surface area contributed by atoms with Gasteiger partial charge in [0.25, 0.3) is 0 Å². The Hall–Kier alpha value is -2.96. The zero-order valence-corrected chi connectivity index (χ0v) is 18.7. The molecule has 1 aliphatic rings. The van der Waals surface area contributed by atoms with Crippen molar-refractivity contribution in [3.8, 4) is 0 Å². The molecule has 2 N–H and O–H groups in total. The summed E-state index contributed by atoms with van der Waals surface area (Å²) in [5.74, 6) is -0.632. The van der Waals surface area contributed by atoms with Crippen molar-refractivity contribution in [2.75, 3.05) is 5.32 Å². The van der Waals surface area contributed by atoms with Crippen molar-refractivity contribution in [2.24, 2.45) is 0 Å². The van der Waals surface area contributed by atoms with E-state index in [2.05, 4.69) is 10.0 Å². The Labute approximate surface area is 189 Å². The first-order valence-electron chi connectivity index (χ1n) is 11.1. The van der Waals surface area contributed by atoms with Crippen molar-refractivity contribution in [3.63, 3.8) is 0 Å². The molecule has 1 saturated carbocycles. The summed E-state index contributed by atoms with van der Waals surface area (Å²) in [4.78, 5) is 13.4. The number of hydrogen-bond donors (Lipinski definition) is 2. The summed E-state index contributed by atoms with van der Waals surface area (Å²) in [5, 5.41) is 2.94. The molecule has 6 heteroatoms. The second-order valence-corrected chi connectivity index (χ2v) is 9.94. The van der Waals surface area contributed by atoms with E-state index in [1.54, 1.807) is 24.3 Å². The van der Waals surface area contributed by atoms with E-state index in [-0.39, 0.29) is 16.8 Å². The Bertz CT molecular complexity index is 1090. The fourth-order valence-electron chi connectivity index (χ4n) is 4.23. The summed E-state index contributed by atoms with van der Waals surface area (Å²) in [6, 6.07) is 25.6. The number of amides is 1. The first-order valence-corrected chi connectivity index (χ1v) is 12.5. The van der Waals surface area contributed by atoms with Gasteiger partial charge in [-0.15, -0.1) is 0 Å². The lowest BCUT2D eigenvalue weighted by molar-refractivity contribution is -0.116. The Balaban J connectivity index is 1.50. The van der Waals surface area contributed by atoms with Gasteiger partial charge in [0.05, 0.1) is 10.8 Å². The fraction of sp³-hybridized carbons (Fsp3) is 0.269. The molecule has 0 aromatic heterocycles. The van der Waals surface area contributed by atoms with Gasteiger partial charge in [0.2, 0.25) is 15.9 Å². The Morgan fingerprint density at radius 2 is 1.28 bits per heavy atom. The van der Waals surface area contributed by atoms with Crippen LogP contribution in [-0.4, -0.2) is 20.4 Å². The van der Waals surface area contributed by atoms with E-state index < -0.39 is 15.9 Å². The first-order chi connectivity index (χ1) is 15.5. The molecular formula is C26H28N2O3S. The Morgan fingerprint density at radius 3 is 1.81 bits per heavy atom. The summed E-state index contributed by atoms with van der Waals surface area (Å²) >= 11 is 0. The van der Waals surface area contributed by atoms with Gasteiger partial charge in [-0.05, 0) is 48.2 Å². The minimum atomic E-state index is -3.57. The highest BCUT2D eigenvalue weighted by Crippen LogP contribution is 2.27. The molecule has 0 atom stereocenters. The van der Waals surface area contributed by atoms with Crippen molar-refractivity contribution in [1.82, 2.24) is 4.72 Å². The van der Waals surface area contributed by atoms with Crippen molar-refractivity contribution >= 4 is 21.6 Å². The highest BCUT2D eigenvalue weighted by molar-refractivity contribution is 7.89. The van der Waals surface area contributed by atoms with Crippen LogP contribution in [0.3, 0.4) is 0 Å². The number of hydrogen-bond acceptors (Lipinski definition) is 3. The lowest BCUT2D eigenvalue weighted by atomic mass is 9.90. The molecule has 0 heterocycles. The van der Waals surface area contributed by atoms with Gasteiger partial charge in [-0.25, -0.2) is 13.1 Å². The molecule has 1 aliphatic carbocycles. The van der Waals surface area contributed by atoms with Crippen LogP contribution in [0.1, 0.15) is 49.1 Å². The van der Waals surface area contributed by atoms with E-state index in [9.17, 15) is 13.2 Å². The second kappa shape index (κ2) is 10.1. The van der Waals surface area contributed by atoms with Crippen LogP contribution in [0, 0.1) is 0 Å². The van der Waals surface area contributed by atoms with E-state index in [4.69, 9.17) is 0 Å². The van der Waals surface area contributed by atoms with E-state index in [0.29, 0.717) is 5.69 Å². The summed E-state index contributed by atoms with van der Waals surface area (Å²) in [5.41, 5.74) is 2.35. The molecule has 0 unspecified atom stereocenters. The van der Waals surface area contributed by atoms with Crippen LogP contribution in [-0.2, 0) is 14.8 Å². The number of benzene rings is 3. The van der Waals surface area contributed by atoms with Gasteiger partial charge in [-0.1, -0.05) is 79.9 Å². The largest absolute Gasteiger partial charge is 0.325 e. The van der Waals surface area contributed by atoms with Crippen LogP contribution in [0.4, 0.5) is 5.69 Å². The molecule has 1 fully saturated rings. The average Bonchev–Trinajstić information content (AvgIpc) is 2.81. The van der Waals surface area contributed by atoms with E-state index in [1.807, 2.05) is 60.7 Å². The van der Waals surface area contributed by atoms with Crippen LogP contribution in [0.15, 0.2) is 89.8 Å². The quantitative estimate of drug-likeness (QED) is 0.530. The maximum Gasteiger partial charge on any atom is 0.240 e. The van der Waals surface area contributed by atoms with Crippen LogP contribution in [0.2, 0.25) is 0 Å². The first kappa shape index (κ1) is 22.2. The number of carbonyl (C=O) groups is 1. The molecule has 32 heavy (non-hydrogen) atoms. The molecule has 1 amide bonds. The minimum absolute atomic E-state index is 0.00522. The number of carbonyl (C=O) groups excluding carboxylic acids is 1. The Kier molecular flexibility index (Phi) is 7.02. The molecule has 5 nitrogen and oxygen atoms in total. The molecule has 0 spiro atoms. The lowest BCUT2D eigenvalue weighted by Gasteiger charge is -2.22. The zero-order chi connectivity index (χ0) is 22.4. The van der Waals surface area contributed by atoms with E-state index in [0.717, 1.165) is 36.8 Å². The molecule has 4 rings (SSSR count).